The Labute approximate surface area is 87.0 Å². The van der Waals surface area contributed by atoms with Crippen LogP contribution >= 0.6 is 0 Å². The molecule has 2 heterocycles. The molecule has 0 radical (unpaired) electrons. The molecule has 2 rings (SSSR count). The lowest BCUT2D eigenvalue weighted by Gasteiger charge is -1.96. The minimum Gasteiger partial charge on any atom is -0.466 e. The first-order valence-corrected chi connectivity index (χ1v) is 4.56. The minimum atomic E-state index is -0.155. The molecule has 0 aliphatic rings. The number of aryl methyl sites for hydroxylation is 2. The maximum Gasteiger partial charge on any atom is 0.216 e. The summed E-state index contributed by atoms with van der Waals surface area (Å²) in [5.74, 6) is 1.18. The van der Waals surface area contributed by atoms with E-state index in [4.69, 9.17) is 4.42 Å². The summed E-state index contributed by atoms with van der Waals surface area (Å²) in [4.78, 5) is 19.7. The van der Waals surface area contributed by atoms with Crippen molar-refractivity contribution >= 4 is 5.78 Å². The van der Waals surface area contributed by atoms with Crippen molar-refractivity contribution in [2.24, 2.45) is 0 Å². The summed E-state index contributed by atoms with van der Waals surface area (Å²) in [6.07, 6.45) is 4.48. The Hall–Kier alpha value is -1.97. The van der Waals surface area contributed by atoms with Gasteiger partial charge in [0.05, 0.1) is 11.8 Å². The molecule has 2 aromatic heterocycles. The standard InChI is InChI=1S/C11H10N2O2/c1-7-5-9(8(2)15-7)11(14)10-6-12-3-4-13-10/h3-6H,1-2H3. The molecule has 0 saturated carbocycles. The highest BCUT2D eigenvalue weighted by atomic mass is 16.3. The number of hydrogen-bond donors (Lipinski definition) is 0. The molecule has 0 aliphatic heterocycles. The number of hydrogen-bond acceptors (Lipinski definition) is 4. The molecule has 0 unspecified atom stereocenters. The van der Waals surface area contributed by atoms with Gasteiger partial charge in [-0.1, -0.05) is 0 Å². The zero-order chi connectivity index (χ0) is 10.8. The van der Waals surface area contributed by atoms with E-state index in [2.05, 4.69) is 9.97 Å². The molecule has 0 atom stereocenters. The van der Waals surface area contributed by atoms with Crippen LogP contribution in [0.1, 0.15) is 27.6 Å². The van der Waals surface area contributed by atoms with E-state index in [1.807, 2.05) is 0 Å². The summed E-state index contributed by atoms with van der Waals surface area (Å²) in [5, 5.41) is 0. The highest BCUT2D eigenvalue weighted by Crippen LogP contribution is 2.16. The predicted molar refractivity (Wildman–Crippen MR) is 53.6 cm³/mol. The number of carbonyl (C=O) groups excluding carboxylic acids is 1. The van der Waals surface area contributed by atoms with E-state index in [1.54, 1.807) is 19.9 Å². The van der Waals surface area contributed by atoms with E-state index in [0.717, 1.165) is 5.76 Å². The van der Waals surface area contributed by atoms with Crippen LogP contribution in [0.25, 0.3) is 0 Å². The molecule has 0 fully saturated rings. The Morgan fingerprint density at radius 1 is 1.33 bits per heavy atom. The van der Waals surface area contributed by atoms with Gasteiger partial charge in [0.15, 0.2) is 0 Å². The third kappa shape index (κ3) is 1.79. The van der Waals surface area contributed by atoms with Crippen LogP contribution < -0.4 is 0 Å². The summed E-state index contributed by atoms with van der Waals surface area (Å²) in [7, 11) is 0. The van der Waals surface area contributed by atoms with Crippen molar-refractivity contribution < 1.29 is 9.21 Å². The van der Waals surface area contributed by atoms with Gasteiger partial charge in [0.1, 0.15) is 17.2 Å². The van der Waals surface area contributed by atoms with Crippen molar-refractivity contribution in [2.75, 3.05) is 0 Å². The topological polar surface area (TPSA) is 56.0 Å². The summed E-state index contributed by atoms with van der Waals surface area (Å²) < 4.78 is 5.29. The summed E-state index contributed by atoms with van der Waals surface area (Å²) in [6, 6.07) is 1.71. The molecule has 0 N–H and O–H groups in total. The van der Waals surface area contributed by atoms with Gasteiger partial charge < -0.3 is 4.42 Å². The highest BCUT2D eigenvalue weighted by Gasteiger charge is 2.16. The van der Waals surface area contributed by atoms with Crippen LogP contribution in [0.5, 0.6) is 0 Å². The SMILES string of the molecule is Cc1cc(C(=O)c2cnccn2)c(C)o1. The zero-order valence-electron chi connectivity index (χ0n) is 8.52. The average Bonchev–Trinajstić information content (AvgIpc) is 2.58. The zero-order valence-corrected chi connectivity index (χ0v) is 8.52. The third-order valence-electron chi connectivity index (χ3n) is 2.08. The Bertz CT molecular complexity index is 489. The molecule has 0 spiro atoms. The van der Waals surface area contributed by atoms with Crippen molar-refractivity contribution in [3.8, 4) is 0 Å². The summed E-state index contributed by atoms with van der Waals surface area (Å²) in [5.41, 5.74) is 0.884. The first-order chi connectivity index (χ1) is 7.18. The lowest BCUT2D eigenvalue weighted by atomic mass is 10.1. The maximum atomic E-state index is 11.9. The van der Waals surface area contributed by atoms with Gasteiger partial charge in [-0.15, -0.1) is 0 Å². The monoisotopic (exact) mass is 202 g/mol. The fourth-order valence-corrected chi connectivity index (χ4v) is 1.41. The number of ketones is 1. The number of nitrogens with zero attached hydrogens (tertiary/aromatic N) is 2. The summed E-state index contributed by atoms with van der Waals surface area (Å²) in [6.45, 7) is 3.57. The second-order valence-electron chi connectivity index (χ2n) is 3.25. The number of furan rings is 1. The molecular weight excluding hydrogens is 192 g/mol. The van der Waals surface area contributed by atoms with E-state index < -0.39 is 0 Å². The van der Waals surface area contributed by atoms with Gasteiger partial charge >= 0.3 is 0 Å². The van der Waals surface area contributed by atoms with Crippen molar-refractivity contribution in [2.45, 2.75) is 13.8 Å². The second kappa shape index (κ2) is 3.65. The first-order valence-electron chi connectivity index (χ1n) is 4.56. The Kier molecular flexibility index (Phi) is 2.33. The molecule has 15 heavy (non-hydrogen) atoms. The summed E-state index contributed by atoms with van der Waals surface area (Å²) >= 11 is 0. The van der Waals surface area contributed by atoms with E-state index >= 15 is 0 Å². The lowest BCUT2D eigenvalue weighted by Crippen LogP contribution is -2.04. The maximum absolute atomic E-state index is 11.9. The molecular formula is C11H10N2O2. The third-order valence-corrected chi connectivity index (χ3v) is 2.08. The van der Waals surface area contributed by atoms with E-state index in [9.17, 15) is 4.79 Å². The smallest absolute Gasteiger partial charge is 0.216 e. The van der Waals surface area contributed by atoms with Crippen molar-refractivity contribution in [1.82, 2.24) is 9.97 Å². The van der Waals surface area contributed by atoms with Crippen molar-refractivity contribution in [3.05, 3.63) is 47.4 Å². The van der Waals surface area contributed by atoms with Gasteiger partial charge in [-0.2, -0.15) is 0 Å². The van der Waals surface area contributed by atoms with Gasteiger partial charge in [-0.3, -0.25) is 9.78 Å². The van der Waals surface area contributed by atoms with Crippen LogP contribution in [0.3, 0.4) is 0 Å². The Morgan fingerprint density at radius 3 is 2.67 bits per heavy atom. The van der Waals surface area contributed by atoms with Crippen LogP contribution in [-0.4, -0.2) is 15.8 Å². The number of carbonyl (C=O) groups is 1. The molecule has 0 amide bonds. The van der Waals surface area contributed by atoms with E-state index in [1.165, 1.54) is 18.6 Å². The van der Waals surface area contributed by atoms with Crippen LogP contribution in [-0.2, 0) is 0 Å². The van der Waals surface area contributed by atoms with Crippen molar-refractivity contribution in [3.63, 3.8) is 0 Å². The molecule has 0 aliphatic carbocycles. The fourth-order valence-electron chi connectivity index (χ4n) is 1.41. The van der Waals surface area contributed by atoms with E-state index in [0.29, 0.717) is 17.0 Å². The van der Waals surface area contributed by atoms with Gasteiger partial charge in [0.25, 0.3) is 0 Å². The quantitative estimate of drug-likeness (QED) is 0.698. The molecule has 2 aromatic rings. The largest absolute Gasteiger partial charge is 0.466 e. The normalized spacial score (nSPS) is 10.3. The van der Waals surface area contributed by atoms with Gasteiger partial charge in [0.2, 0.25) is 5.78 Å². The van der Waals surface area contributed by atoms with Crippen LogP contribution in [0.4, 0.5) is 0 Å². The molecule has 4 heteroatoms. The van der Waals surface area contributed by atoms with Crippen LogP contribution in [0, 0.1) is 13.8 Å². The predicted octanol–water partition coefficient (Wildman–Crippen LogP) is 1.92. The van der Waals surface area contributed by atoms with Gasteiger partial charge in [0, 0.05) is 12.4 Å². The van der Waals surface area contributed by atoms with Gasteiger partial charge in [-0.25, -0.2) is 4.98 Å². The van der Waals surface area contributed by atoms with E-state index in [-0.39, 0.29) is 5.78 Å². The molecule has 0 bridgehead atoms. The lowest BCUT2D eigenvalue weighted by molar-refractivity contribution is 0.103. The molecule has 0 saturated heterocycles. The number of rotatable bonds is 2. The highest BCUT2D eigenvalue weighted by molar-refractivity contribution is 6.08. The Balaban J connectivity index is 2.41. The van der Waals surface area contributed by atoms with Crippen LogP contribution in [0.2, 0.25) is 0 Å². The second-order valence-corrected chi connectivity index (χ2v) is 3.25. The average molecular weight is 202 g/mol. The Morgan fingerprint density at radius 2 is 2.13 bits per heavy atom. The van der Waals surface area contributed by atoms with Crippen LogP contribution in [0.15, 0.2) is 29.1 Å². The fraction of sp³-hybridized carbons (Fsp3) is 0.182. The molecule has 4 nitrogen and oxygen atoms in total. The molecule has 0 aromatic carbocycles. The molecule has 76 valence electrons. The first kappa shape index (κ1) is 9.58. The van der Waals surface area contributed by atoms with Gasteiger partial charge in [-0.05, 0) is 19.9 Å². The van der Waals surface area contributed by atoms with Crippen molar-refractivity contribution in [1.29, 1.82) is 0 Å². The number of aromatic nitrogens is 2. The minimum absolute atomic E-state index is 0.155.